The summed E-state index contributed by atoms with van der Waals surface area (Å²) < 4.78 is 6.04. The van der Waals surface area contributed by atoms with E-state index in [0.29, 0.717) is 12.2 Å². The number of rotatable bonds is 4. The van der Waals surface area contributed by atoms with Crippen molar-refractivity contribution >= 4 is 27.8 Å². The molecule has 0 aliphatic carbocycles. The van der Waals surface area contributed by atoms with E-state index in [2.05, 4.69) is 36.7 Å². The number of urea groups is 1. The van der Waals surface area contributed by atoms with Crippen LogP contribution in [-0.4, -0.2) is 22.2 Å². The molecule has 118 valence electrons. The predicted octanol–water partition coefficient (Wildman–Crippen LogP) is 3.51. The van der Waals surface area contributed by atoms with E-state index in [0.717, 1.165) is 27.2 Å². The van der Waals surface area contributed by atoms with Crippen LogP contribution in [0.5, 0.6) is 0 Å². The Bertz CT molecular complexity index is 665. The number of hydrogen-bond acceptors (Lipinski definition) is 4. The van der Waals surface area contributed by atoms with E-state index in [1.807, 2.05) is 33.8 Å². The molecule has 2 heterocycles. The molecule has 7 heteroatoms. The van der Waals surface area contributed by atoms with Crippen molar-refractivity contribution in [2.45, 2.75) is 40.2 Å². The summed E-state index contributed by atoms with van der Waals surface area (Å²) in [5.74, 6) is 1.31. The summed E-state index contributed by atoms with van der Waals surface area (Å²) in [4.78, 5) is 16.3. The first kappa shape index (κ1) is 16.5. The molecule has 0 saturated carbocycles. The van der Waals surface area contributed by atoms with E-state index in [1.165, 1.54) is 0 Å². The van der Waals surface area contributed by atoms with Crippen molar-refractivity contribution in [1.29, 1.82) is 0 Å². The van der Waals surface area contributed by atoms with Crippen molar-refractivity contribution in [3.05, 3.63) is 39.3 Å². The molecular formula is C15H19BrN4O2. The van der Waals surface area contributed by atoms with Gasteiger partial charge < -0.3 is 9.84 Å². The molecule has 1 atom stereocenters. The van der Waals surface area contributed by atoms with Crippen molar-refractivity contribution in [3.8, 4) is 0 Å². The molecule has 0 aliphatic heterocycles. The highest BCUT2D eigenvalue weighted by Gasteiger charge is 2.15. The van der Waals surface area contributed by atoms with E-state index in [9.17, 15) is 4.79 Å². The number of nitrogens with one attached hydrogen (secondary N) is 2. The maximum atomic E-state index is 12.0. The molecule has 2 N–H and O–H groups in total. The average Bonchev–Trinajstić information content (AvgIpc) is 2.74. The summed E-state index contributed by atoms with van der Waals surface area (Å²) >= 11 is 3.38. The van der Waals surface area contributed by atoms with Crippen LogP contribution in [0.25, 0.3) is 0 Å². The van der Waals surface area contributed by atoms with Gasteiger partial charge in [-0.3, -0.25) is 5.32 Å². The highest BCUT2D eigenvalue weighted by molar-refractivity contribution is 9.10. The van der Waals surface area contributed by atoms with Gasteiger partial charge in [0.05, 0.1) is 11.4 Å². The summed E-state index contributed by atoms with van der Waals surface area (Å²) in [6.07, 6.45) is 0.668. The Morgan fingerprint density at radius 1 is 1.32 bits per heavy atom. The van der Waals surface area contributed by atoms with E-state index < -0.39 is 0 Å². The molecule has 1 unspecified atom stereocenters. The second-order valence-electron chi connectivity index (χ2n) is 5.27. The van der Waals surface area contributed by atoms with Crippen LogP contribution in [0.2, 0.25) is 0 Å². The topological polar surface area (TPSA) is 80.0 Å². The fourth-order valence-corrected chi connectivity index (χ4v) is 2.36. The number of aryl methyl sites for hydroxylation is 3. The molecule has 0 aliphatic rings. The highest BCUT2D eigenvalue weighted by atomic mass is 79.9. The summed E-state index contributed by atoms with van der Waals surface area (Å²) in [6.45, 7) is 7.57. The Morgan fingerprint density at radius 2 is 2.05 bits per heavy atom. The SMILES string of the molecule is Cc1nc(NC(=O)NC(C)Cc2c(C)noc2C)ccc1Br. The van der Waals surface area contributed by atoms with Gasteiger partial charge in [-0.2, -0.15) is 0 Å². The lowest BCUT2D eigenvalue weighted by atomic mass is 10.1. The maximum absolute atomic E-state index is 12.0. The Kier molecular flexibility index (Phi) is 5.18. The molecule has 2 amide bonds. The van der Waals surface area contributed by atoms with Gasteiger partial charge in [-0.05, 0) is 62.2 Å². The third-order valence-corrected chi connectivity index (χ3v) is 4.17. The quantitative estimate of drug-likeness (QED) is 0.867. The molecule has 22 heavy (non-hydrogen) atoms. The lowest BCUT2D eigenvalue weighted by Crippen LogP contribution is -2.37. The molecule has 0 saturated heterocycles. The minimum Gasteiger partial charge on any atom is -0.361 e. The molecule has 0 aromatic carbocycles. The maximum Gasteiger partial charge on any atom is 0.320 e. The van der Waals surface area contributed by atoms with Gasteiger partial charge >= 0.3 is 6.03 Å². The van der Waals surface area contributed by atoms with Gasteiger partial charge in [0.15, 0.2) is 0 Å². The Balaban J connectivity index is 1.92. The number of anilines is 1. The highest BCUT2D eigenvalue weighted by Crippen LogP contribution is 2.16. The smallest absolute Gasteiger partial charge is 0.320 e. The standard InChI is InChI=1S/C15H19BrN4O2/c1-8(7-12-9(2)20-22-11(12)4)17-15(21)19-14-6-5-13(16)10(3)18-14/h5-6,8H,7H2,1-4H3,(H2,17,18,19,21). The summed E-state index contributed by atoms with van der Waals surface area (Å²) in [6, 6.07) is 3.27. The molecule has 2 rings (SSSR count). The van der Waals surface area contributed by atoms with Crippen molar-refractivity contribution in [1.82, 2.24) is 15.5 Å². The van der Waals surface area contributed by atoms with Crippen LogP contribution in [-0.2, 0) is 6.42 Å². The van der Waals surface area contributed by atoms with Crippen LogP contribution in [0.15, 0.2) is 21.1 Å². The Labute approximate surface area is 137 Å². The zero-order valence-corrected chi connectivity index (χ0v) is 14.6. The van der Waals surface area contributed by atoms with Gasteiger partial charge in [0.25, 0.3) is 0 Å². The third-order valence-electron chi connectivity index (χ3n) is 3.33. The van der Waals surface area contributed by atoms with Gasteiger partial charge in [0.2, 0.25) is 0 Å². The van der Waals surface area contributed by atoms with Gasteiger partial charge in [-0.15, -0.1) is 0 Å². The fourth-order valence-electron chi connectivity index (χ4n) is 2.14. The van der Waals surface area contributed by atoms with Crippen molar-refractivity contribution in [2.75, 3.05) is 5.32 Å². The van der Waals surface area contributed by atoms with Crippen LogP contribution >= 0.6 is 15.9 Å². The number of carbonyl (C=O) groups excluding carboxylic acids is 1. The summed E-state index contributed by atoms with van der Waals surface area (Å²) in [7, 11) is 0. The Hall–Kier alpha value is -1.89. The third kappa shape index (κ3) is 4.07. The van der Waals surface area contributed by atoms with E-state index in [4.69, 9.17) is 4.52 Å². The van der Waals surface area contributed by atoms with Crippen LogP contribution < -0.4 is 10.6 Å². The van der Waals surface area contributed by atoms with Crippen LogP contribution in [0.3, 0.4) is 0 Å². The number of hydrogen-bond donors (Lipinski definition) is 2. The molecule has 2 aromatic heterocycles. The minimum absolute atomic E-state index is 0.0478. The van der Waals surface area contributed by atoms with Gasteiger partial charge in [-0.25, -0.2) is 9.78 Å². The first-order valence-corrected chi connectivity index (χ1v) is 7.78. The first-order valence-electron chi connectivity index (χ1n) is 6.99. The second kappa shape index (κ2) is 6.91. The number of halogens is 1. The summed E-state index contributed by atoms with van der Waals surface area (Å²) in [5.41, 5.74) is 2.71. The largest absolute Gasteiger partial charge is 0.361 e. The van der Waals surface area contributed by atoms with E-state index >= 15 is 0 Å². The molecule has 0 radical (unpaired) electrons. The lowest BCUT2D eigenvalue weighted by Gasteiger charge is -2.14. The van der Waals surface area contributed by atoms with Crippen molar-refractivity contribution in [3.63, 3.8) is 0 Å². The minimum atomic E-state index is -0.284. The van der Waals surface area contributed by atoms with Gasteiger partial charge in [-0.1, -0.05) is 5.16 Å². The van der Waals surface area contributed by atoms with Gasteiger partial charge in [0.1, 0.15) is 11.6 Å². The predicted molar refractivity (Wildman–Crippen MR) is 88.0 cm³/mol. The molecular weight excluding hydrogens is 348 g/mol. The number of nitrogens with zero attached hydrogens (tertiary/aromatic N) is 2. The second-order valence-corrected chi connectivity index (χ2v) is 6.12. The zero-order valence-electron chi connectivity index (χ0n) is 13.0. The van der Waals surface area contributed by atoms with E-state index in [1.54, 1.807) is 6.07 Å². The number of amides is 2. The first-order chi connectivity index (χ1) is 10.4. The molecule has 0 spiro atoms. The lowest BCUT2D eigenvalue weighted by molar-refractivity contribution is 0.249. The van der Waals surface area contributed by atoms with Gasteiger partial charge in [0, 0.05) is 16.1 Å². The monoisotopic (exact) mass is 366 g/mol. The van der Waals surface area contributed by atoms with E-state index in [-0.39, 0.29) is 12.1 Å². The molecule has 6 nitrogen and oxygen atoms in total. The number of pyridine rings is 1. The van der Waals surface area contributed by atoms with Crippen LogP contribution in [0, 0.1) is 20.8 Å². The van der Waals surface area contributed by atoms with Crippen LogP contribution in [0.1, 0.15) is 29.6 Å². The molecule has 0 bridgehead atoms. The number of aromatic nitrogens is 2. The molecule has 0 fully saturated rings. The van der Waals surface area contributed by atoms with Crippen molar-refractivity contribution in [2.24, 2.45) is 0 Å². The molecule has 2 aromatic rings. The Morgan fingerprint density at radius 3 is 2.64 bits per heavy atom. The summed E-state index contributed by atoms with van der Waals surface area (Å²) in [5, 5.41) is 9.53. The normalized spacial score (nSPS) is 12.0. The number of carbonyl (C=O) groups is 1. The van der Waals surface area contributed by atoms with Crippen molar-refractivity contribution < 1.29 is 9.32 Å². The zero-order chi connectivity index (χ0) is 16.3. The average molecular weight is 367 g/mol. The van der Waals surface area contributed by atoms with Crippen LogP contribution in [0.4, 0.5) is 10.6 Å². The fraction of sp³-hybridized carbons (Fsp3) is 0.400.